The number of amides is 1. The quantitative estimate of drug-likeness (QED) is 0.761. The first kappa shape index (κ1) is 14.9. The van der Waals surface area contributed by atoms with Crippen LogP contribution in [0.2, 0.25) is 0 Å². The predicted octanol–water partition coefficient (Wildman–Crippen LogP) is 2.58. The molecular weight excluding hydrogens is 295 g/mol. The van der Waals surface area contributed by atoms with Gasteiger partial charge in [-0.25, -0.2) is 4.39 Å². The number of aromatic amines is 1. The number of hydrogen-bond acceptors (Lipinski definition) is 3. The number of carbonyl (C=O) groups excluding carboxylic acids is 1. The topological polar surface area (TPSA) is 70.7 Å². The Hall–Kier alpha value is -3.02. The fourth-order valence-electron chi connectivity index (χ4n) is 2.24. The maximum absolute atomic E-state index is 13.0. The van der Waals surface area contributed by atoms with Crippen molar-refractivity contribution in [2.24, 2.45) is 0 Å². The second-order valence-corrected chi connectivity index (χ2v) is 4.99. The van der Waals surface area contributed by atoms with E-state index in [0.717, 1.165) is 5.69 Å². The Bertz CT molecular complexity index is 784. The minimum atomic E-state index is -0.324. The van der Waals surface area contributed by atoms with Crippen LogP contribution in [0.4, 0.5) is 4.39 Å². The van der Waals surface area contributed by atoms with Gasteiger partial charge in [0.05, 0.1) is 17.5 Å². The molecule has 0 atom stereocenters. The van der Waals surface area contributed by atoms with Gasteiger partial charge in [0.2, 0.25) is 0 Å². The first-order chi connectivity index (χ1) is 11.2. The standard InChI is InChI=1S/C17H15FN4O/c18-13-6-4-12(5-7-13)16-15(11-21-22-16)17(23)20-10-8-14-3-1-2-9-19-14/h1-7,9,11H,8,10H2,(H,20,23)(H,21,22). The van der Waals surface area contributed by atoms with E-state index in [1.165, 1.54) is 18.3 Å². The van der Waals surface area contributed by atoms with Crippen LogP contribution in [0.25, 0.3) is 11.3 Å². The summed E-state index contributed by atoms with van der Waals surface area (Å²) in [5.41, 5.74) is 2.62. The number of nitrogens with zero attached hydrogens (tertiary/aromatic N) is 2. The Morgan fingerprint density at radius 3 is 2.74 bits per heavy atom. The number of pyridine rings is 1. The number of rotatable bonds is 5. The van der Waals surface area contributed by atoms with E-state index in [1.54, 1.807) is 18.3 Å². The zero-order valence-electron chi connectivity index (χ0n) is 12.3. The molecule has 0 aliphatic heterocycles. The van der Waals surface area contributed by atoms with E-state index in [4.69, 9.17) is 0 Å². The minimum Gasteiger partial charge on any atom is -0.352 e. The van der Waals surface area contributed by atoms with E-state index < -0.39 is 0 Å². The van der Waals surface area contributed by atoms with Crippen molar-refractivity contribution in [3.8, 4) is 11.3 Å². The molecule has 6 heteroatoms. The van der Waals surface area contributed by atoms with Crippen LogP contribution in [-0.2, 0) is 6.42 Å². The van der Waals surface area contributed by atoms with E-state index in [0.29, 0.717) is 29.8 Å². The van der Waals surface area contributed by atoms with E-state index in [-0.39, 0.29) is 11.7 Å². The Kier molecular flexibility index (Phi) is 4.42. The first-order valence-electron chi connectivity index (χ1n) is 7.21. The van der Waals surface area contributed by atoms with Crippen LogP contribution in [-0.4, -0.2) is 27.6 Å². The summed E-state index contributed by atoms with van der Waals surface area (Å²) < 4.78 is 13.0. The zero-order chi connectivity index (χ0) is 16.1. The van der Waals surface area contributed by atoms with Gasteiger partial charge in [0.1, 0.15) is 5.82 Å². The van der Waals surface area contributed by atoms with Crippen molar-refractivity contribution in [2.45, 2.75) is 6.42 Å². The molecule has 0 spiro atoms. The fourth-order valence-corrected chi connectivity index (χ4v) is 2.24. The van der Waals surface area contributed by atoms with E-state index in [1.807, 2.05) is 18.2 Å². The molecule has 3 aromatic rings. The normalized spacial score (nSPS) is 10.5. The molecule has 1 amide bonds. The Balaban J connectivity index is 1.66. The third-order valence-corrected chi connectivity index (χ3v) is 3.41. The molecule has 0 radical (unpaired) electrons. The molecule has 0 saturated heterocycles. The maximum atomic E-state index is 13.0. The highest BCUT2D eigenvalue weighted by atomic mass is 19.1. The fraction of sp³-hybridized carbons (Fsp3) is 0.118. The largest absolute Gasteiger partial charge is 0.352 e. The molecule has 5 nitrogen and oxygen atoms in total. The highest BCUT2D eigenvalue weighted by Crippen LogP contribution is 2.21. The van der Waals surface area contributed by atoms with Gasteiger partial charge in [0.25, 0.3) is 5.91 Å². The number of aromatic nitrogens is 3. The predicted molar refractivity (Wildman–Crippen MR) is 84.3 cm³/mol. The molecule has 0 bridgehead atoms. The van der Waals surface area contributed by atoms with Crippen molar-refractivity contribution in [3.63, 3.8) is 0 Å². The summed E-state index contributed by atoms with van der Waals surface area (Å²) in [5.74, 6) is -0.552. The molecule has 116 valence electrons. The van der Waals surface area contributed by atoms with Gasteiger partial charge in [-0.15, -0.1) is 0 Å². The number of carbonyl (C=O) groups is 1. The molecule has 0 fully saturated rings. The molecule has 2 N–H and O–H groups in total. The molecule has 0 saturated carbocycles. The first-order valence-corrected chi connectivity index (χ1v) is 7.21. The van der Waals surface area contributed by atoms with Crippen molar-refractivity contribution in [1.29, 1.82) is 0 Å². The Morgan fingerprint density at radius 1 is 1.17 bits per heavy atom. The van der Waals surface area contributed by atoms with Crippen LogP contribution in [0.5, 0.6) is 0 Å². The Labute approximate surface area is 132 Å². The van der Waals surface area contributed by atoms with Crippen LogP contribution < -0.4 is 5.32 Å². The molecule has 0 aliphatic rings. The molecule has 3 rings (SSSR count). The van der Waals surface area contributed by atoms with Crippen LogP contribution in [0, 0.1) is 5.82 Å². The van der Waals surface area contributed by atoms with Gasteiger partial charge in [-0.2, -0.15) is 5.10 Å². The third-order valence-electron chi connectivity index (χ3n) is 3.41. The van der Waals surface area contributed by atoms with Gasteiger partial charge < -0.3 is 5.32 Å². The molecule has 2 aromatic heterocycles. The maximum Gasteiger partial charge on any atom is 0.255 e. The SMILES string of the molecule is O=C(NCCc1ccccn1)c1cn[nH]c1-c1ccc(F)cc1. The second-order valence-electron chi connectivity index (χ2n) is 4.99. The lowest BCUT2D eigenvalue weighted by atomic mass is 10.1. The smallest absolute Gasteiger partial charge is 0.255 e. The summed E-state index contributed by atoms with van der Waals surface area (Å²) in [4.78, 5) is 16.5. The molecule has 23 heavy (non-hydrogen) atoms. The summed E-state index contributed by atoms with van der Waals surface area (Å²) >= 11 is 0. The van der Waals surface area contributed by atoms with Gasteiger partial charge in [0.15, 0.2) is 0 Å². The molecule has 1 aromatic carbocycles. The number of hydrogen-bond donors (Lipinski definition) is 2. The number of halogens is 1. The summed E-state index contributed by atoms with van der Waals surface area (Å²) in [5, 5.41) is 9.54. The third kappa shape index (κ3) is 3.60. The second kappa shape index (κ2) is 6.83. The summed E-state index contributed by atoms with van der Waals surface area (Å²) in [6.07, 6.45) is 3.84. The molecular formula is C17H15FN4O. The lowest BCUT2D eigenvalue weighted by molar-refractivity contribution is 0.0955. The summed E-state index contributed by atoms with van der Waals surface area (Å²) in [7, 11) is 0. The zero-order valence-corrected chi connectivity index (χ0v) is 12.3. The van der Waals surface area contributed by atoms with Gasteiger partial charge in [-0.3, -0.25) is 14.9 Å². The number of H-pyrrole nitrogens is 1. The molecule has 0 aliphatic carbocycles. The van der Waals surface area contributed by atoms with E-state index in [2.05, 4.69) is 20.5 Å². The lowest BCUT2D eigenvalue weighted by Gasteiger charge is -2.06. The van der Waals surface area contributed by atoms with Crippen LogP contribution in [0.3, 0.4) is 0 Å². The molecule has 0 unspecified atom stereocenters. The van der Waals surface area contributed by atoms with E-state index in [9.17, 15) is 9.18 Å². The summed E-state index contributed by atoms with van der Waals surface area (Å²) in [6, 6.07) is 11.6. The molecule has 2 heterocycles. The highest BCUT2D eigenvalue weighted by molar-refractivity contribution is 5.99. The van der Waals surface area contributed by atoms with Crippen molar-refractivity contribution >= 4 is 5.91 Å². The van der Waals surface area contributed by atoms with E-state index >= 15 is 0 Å². The minimum absolute atomic E-state index is 0.228. The number of benzene rings is 1. The highest BCUT2D eigenvalue weighted by Gasteiger charge is 2.14. The lowest BCUT2D eigenvalue weighted by Crippen LogP contribution is -2.26. The number of nitrogens with one attached hydrogen (secondary N) is 2. The van der Waals surface area contributed by atoms with Gasteiger partial charge in [-0.05, 0) is 36.4 Å². The Morgan fingerprint density at radius 2 is 2.00 bits per heavy atom. The van der Waals surface area contributed by atoms with Gasteiger partial charge in [-0.1, -0.05) is 6.07 Å². The average molecular weight is 310 g/mol. The van der Waals surface area contributed by atoms with Crippen molar-refractivity contribution < 1.29 is 9.18 Å². The summed E-state index contributed by atoms with van der Waals surface area (Å²) in [6.45, 7) is 0.476. The van der Waals surface area contributed by atoms with Gasteiger partial charge in [0, 0.05) is 30.4 Å². The van der Waals surface area contributed by atoms with Crippen LogP contribution in [0.15, 0.2) is 54.9 Å². The monoisotopic (exact) mass is 310 g/mol. The average Bonchev–Trinajstić information content (AvgIpc) is 3.06. The van der Waals surface area contributed by atoms with Crippen LogP contribution >= 0.6 is 0 Å². The van der Waals surface area contributed by atoms with Crippen molar-refractivity contribution in [3.05, 3.63) is 71.9 Å². The van der Waals surface area contributed by atoms with Crippen molar-refractivity contribution in [2.75, 3.05) is 6.54 Å². The van der Waals surface area contributed by atoms with Gasteiger partial charge >= 0.3 is 0 Å². The van der Waals surface area contributed by atoms with Crippen molar-refractivity contribution in [1.82, 2.24) is 20.5 Å². The van der Waals surface area contributed by atoms with Crippen LogP contribution in [0.1, 0.15) is 16.1 Å².